The Morgan fingerprint density at radius 3 is 2.29 bits per heavy atom. The van der Waals surface area contributed by atoms with Gasteiger partial charge in [-0.15, -0.1) is 0 Å². The van der Waals surface area contributed by atoms with Crippen molar-refractivity contribution >= 4 is 11.6 Å². The summed E-state index contributed by atoms with van der Waals surface area (Å²) >= 11 is 0. The maximum Gasteiger partial charge on any atom is 0.254 e. The van der Waals surface area contributed by atoms with Gasteiger partial charge in [-0.05, 0) is 30.7 Å². The maximum absolute atomic E-state index is 12.3. The zero-order valence-electron chi connectivity index (χ0n) is 12.1. The topological polar surface area (TPSA) is 38.3 Å². The summed E-state index contributed by atoms with van der Waals surface area (Å²) in [4.78, 5) is 12.3. The molecule has 3 nitrogen and oxygen atoms in total. The number of hydrogen-bond acceptors (Lipinski definition) is 2. The second kappa shape index (κ2) is 7.90. The van der Waals surface area contributed by atoms with Gasteiger partial charge in [0.1, 0.15) is 5.75 Å². The molecule has 0 fully saturated rings. The smallest absolute Gasteiger partial charge is 0.254 e. The number of carbonyl (C=O) groups is 1. The highest BCUT2D eigenvalue weighted by Crippen LogP contribution is 2.14. The molecule has 0 heterocycles. The monoisotopic (exact) mass is 281 g/mol. The summed E-state index contributed by atoms with van der Waals surface area (Å²) in [5, 5.41) is 2.88. The van der Waals surface area contributed by atoms with Crippen molar-refractivity contribution in [3.05, 3.63) is 72.5 Å². The van der Waals surface area contributed by atoms with E-state index in [-0.39, 0.29) is 5.91 Å². The van der Waals surface area contributed by atoms with Crippen LogP contribution in [0, 0.1) is 0 Å². The summed E-state index contributed by atoms with van der Waals surface area (Å²) in [6.45, 7) is 2.03. The van der Waals surface area contributed by atoms with E-state index in [4.69, 9.17) is 4.74 Å². The van der Waals surface area contributed by atoms with Gasteiger partial charge in [-0.25, -0.2) is 0 Å². The zero-order valence-corrected chi connectivity index (χ0v) is 12.1. The van der Waals surface area contributed by atoms with Crippen molar-refractivity contribution in [1.82, 2.24) is 0 Å². The summed E-state index contributed by atoms with van der Waals surface area (Å²) in [5.74, 6) is 0.595. The Morgan fingerprint density at radius 1 is 1.05 bits per heavy atom. The first-order valence-corrected chi connectivity index (χ1v) is 7.06. The van der Waals surface area contributed by atoms with Crippen molar-refractivity contribution in [2.45, 2.75) is 19.8 Å². The lowest BCUT2D eigenvalue weighted by molar-refractivity contribution is -0.113. The Morgan fingerprint density at radius 2 is 1.67 bits per heavy atom. The molecule has 0 saturated carbocycles. The van der Waals surface area contributed by atoms with E-state index in [0.717, 1.165) is 17.9 Å². The van der Waals surface area contributed by atoms with Gasteiger partial charge in [-0.3, -0.25) is 4.79 Å². The largest absolute Gasteiger partial charge is 0.465 e. The highest BCUT2D eigenvalue weighted by atomic mass is 16.5. The van der Waals surface area contributed by atoms with Crippen LogP contribution in [0.5, 0.6) is 5.75 Å². The van der Waals surface area contributed by atoms with E-state index in [1.54, 1.807) is 0 Å². The molecule has 2 rings (SSSR count). The lowest BCUT2D eigenvalue weighted by Crippen LogP contribution is -2.15. The van der Waals surface area contributed by atoms with Crippen molar-refractivity contribution in [2.24, 2.45) is 0 Å². The summed E-state index contributed by atoms with van der Waals surface area (Å²) in [5.41, 5.74) is 1.41. The quantitative estimate of drug-likeness (QED) is 0.630. The zero-order chi connectivity index (χ0) is 14.9. The molecule has 0 aliphatic rings. The number of benzene rings is 2. The number of carbonyl (C=O) groups excluding carboxylic acids is 1. The molecular formula is C18H19NO2. The van der Waals surface area contributed by atoms with Crippen LogP contribution in [0.25, 0.3) is 0 Å². The van der Waals surface area contributed by atoms with Gasteiger partial charge in [-0.2, -0.15) is 0 Å². The molecule has 0 saturated heterocycles. The van der Waals surface area contributed by atoms with Gasteiger partial charge < -0.3 is 10.1 Å². The third kappa shape index (κ3) is 4.80. The Bertz CT molecular complexity index is 591. The van der Waals surface area contributed by atoms with Crippen molar-refractivity contribution in [3.8, 4) is 5.75 Å². The summed E-state index contributed by atoms with van der Waals surface area (Å²) < 4.78 is 5.56. The van der Waals surface area contributed by atoms with E-state index in [2.05, 4.69) is 5.32 Å². The van der Waals surface area contributed by atoms with Crippen LogP contribution in [0.15, 0.2) is 72.5 Å². The third-order valence-electron chi connectivity index (χ3n) is 2.92. The molecule has 0 spiro atoms. The van der Waals surface area contributed by atoms with Gasteiger partial charge in [0.15, 0.2) is 0 Å². The number of ether oxygens (including phenoxy) is 1. The summed E-state index contributed by atoms with van der Waals surface area (Å²) in [7, 11) is 0. The van der Waals surface area contributed by atoms with Gasteiger partial charge in [0, 0.05) is 5.69 Å². The van der Waals surface area contributed by atoms with Crippen molar-refractivity contribution in [1.29, 1.82) is 0 Å². The van der Waals surface area contributed by atoms with E-state index < -0.39 is 0 Å². The third-order valence-corrected chi connectivity index (χ3v) is 2.92. The molecule has 3 heteroatoms. The average molecular weight is 281 g/mol. The molecule has 2 aromatic carbocycles. The lowest BCUT2D eigenvalue weighted by atomic mass is 10.1. The first-order valence-electron chi connectivity index (χ1n) is 7.06. The van der Waals surface area contributed by atoms with E-state index in [9.17, 15) is 4.79 Å². The van der Waals surface area contributed by atoms with Crippen molar-refractivity contribution in [3.63, 3.8) is 0 Å². The van der Waals surface area contributed by atoms with E-state index in [1.165, 1.54) is 6.26 Å². The Hall–Kier alpha value is -2.55. The SMILES string of the molecule is CCCC(=COc1ccccc1)C(=O)Nc1ccccc1. The standard InChI is InChI=1S/C18H19NO2/c1-2-9-15(14-21-17-12-7-4-8-13-17)18(20)19-16-10-5-3-6-11-16/h3-8,10-14H,2,9H2,1H3,(H,19,20). The van der Waals surface area contributed by atoms with Gasteiger partial charge in [0.05, 0.1) is 11.8 Å². The van der Waals surface area contributed by atoms with E-state index in [0.29, 0.717) is 12.0 Å². The predicted octanol–water partition coefficient (Wildman–Crippen LogP) is 4.39. The van der Waals surface area contributed by atoms with Crippen molar-refractivity contribution in [2.75, 3.05) is 5.32 Å². The second-order valence-corrected chi connectivity index (χ2v) is 4.64. The van der Waals surface area contributed by atoms with Gasteiger partial charge in [-0.1, -0.05) is 49.7 Å². The molecular weight excluding hydrogens is 262 g/mol. The molecule has 0 atom stereocenters. The Labute approximate surface area is 125 Å². The first-order chi connectivity index (χ1) is 10.3. The van der Waals surface area contributed by atoms with Crippen molar-refractivity contribution < 1.29 is 9.53 Å². The average Bonchev–Trinajstić information content (AvgIpc) is 2.53. The van der Waals surface area contributed by atoms with Gasteiger partial charge in [0.2, 0.25) is 0 Å². The van der Waals surface area contributed by atoms with E-state index in [1.807, 2.05) is 67.6 Å². The van der Waals surface area contributed by atoms with Crippen LogP contribution in [0.1, 0.15) is 19.8 Å². The molecule has 0 radical (unpaired) electrons. The molecule has 21 heavy (non-hydrogen) atoms. The lowest BCUT2D eigenvalue weighted by Gasteiger charge is -2.08. The molecule has 1 amide bonds. The number of amides is 1. The van der Waals surface area contributed by atoms with Crippen LogP contribution >= 0.6 is 0 Å². The normalized spacial score (nSPS) is 11.0. The van der Waals surface area contributed by atoms with Crippen LogP contribution in [0.3, 0.4) is 0 Å². The molecule has 0 bridgehead atoms. The number of para-hydroxylation sites is 2. The van der Waals surface area contributed by atoms with Crippen LogP contribution in [0.2, 0.25) is 0 Å². The van der Waals surface area contributed by atoms with Crippen LogP contribution in [-0.2, 0) is 4.79 Å². The summed E-state index contributed by atoms with van der Waals surface area (Å²) in [6, 6.07) is 18.8. The second-order valence-electron chi connectivity index (χ2n) is 4.64. The Balaban J connectivity index is 2.05. The minimum Gasteiger partial charge on any atom is -0.465 e. The molecule has 0 aliphatic carbocycles. The van der Waals surface area contributed by atoms with E-state index >= 15 is 0 Å². The highest BCUT2D eigenvalue weighted by molar-refractivity contribution is 6.03. The van der Waals surface area contributed by atoms with Crippen LogP contribution < -0.4 is 10.1 Å². The van der Waals surface area contributed by atoms with Crippen LogP contribution in [0.4, 0.5) is 5.69 Å². The molecule has 1 N–H and O–H groups in total. The highest BCUT2D eigenvalue weighted by Gasteiger charge is 2.09. The minimum atomic E-state index is -0.126. The van der Waals surface area contributed by atoms with Gasteiger partial charge >= 0.3 is 0 Å². The minimum absolute atomic E-state index is 0.126. The molecule has 0 aromatic heterocycles. The fourth-order valence-electron chi connectivity index (χ4n) is 1.87. The fraction of sp³-hybridized carbons (Fsp3) is 0.167. The number of anilines is 1. The molecule has 108 valence electrons. The summed E-state index contributed by atoms with van der Waals surface area (Å²) in [6.07, 6.45) is 3.09. The predicted molar refractivity (Wildman–Crippen MR) is 85.1 cm³/mol. The van der Waals surface area contributed by atoms with Crippen LogP contribution in [-0.4, -0.2) is 5.91 Å². The number of hydrogen-bond donors (Lipinski definition) is 1. The first kappa shape index (κ1) is 14.9. The fourth-order valence-corrected chi connectivity index (χ4v) is 1.87. The molecule has 0 unspecified atom stereocenters. The van der Waals surface area contributed by atoms with Gasteiger partial charge in [0.25, 0.3) is 5.91 Å². The molecule has 0 aliphatic heterocycles. The molecule has 2 aromatic rings. The maximum atomic E-state index is 12.3. The number of nitrogens with one attached hydrogen (secondary N) is 1. The number of rotatable bonds is 6. The Kier molecular flexibility index (Phi) is 5.59.